The first kappa shape index (κ1) is 24.5. The zero-order chi connectivity index (χ0) is 25.1. The molecule has 0 atom stereocenters. The molecule has 0 saturated heterocycles. The van der Waals surface area contributed by atoms with E-state index in [0.717, 1.165) is 19.2 Å². The van der Waals surface area contributed by atoms with Gasteiger partial charge < -0.3 is 4.57 Å². The molecule has 1 aromatic heterocycles. The van der Waals surface area contributed by atoms with Crippen LogP contribution in [0.25, 0.3) is 11.5 Å². The van der Waals surface area contributed by atoms with Crippen LogP contribution in [0.5, 0.6) is 0 Å². The van der Waals surface area contributed by atoms with Crippen LogP contribution in [0.1, 0.15) is 28.2 Å². The summed E-state index contributed by atoms with van der Waals surface area (Å²) in [6.07, 6.45) is 9.80. The van der Waals surface area contributed by atoms with Crippen molar-refractivity contribution in [2.45, 2.75) is 12.1 Å². The van der Waals surface area contributed by atoms with Crippen LogP contribution in [-0.2, 0) is 6.17 Å². The number of aromatic nitrogens is 2. The molecule has 5 aromatic rings. The van der Waals surface area contributed by atoms with Crippen LogP contribution in [0.2, 0.25) is 0 Å². The molecule has 0 aliphatic heterocycles. The van der Waals surface area contributed by atoms with Gasteiger partial charge in [0.2, 0.25) is 7.28 Å². The molecule has 0 N–H and O–H groups in total. The molecule has 0 aliphatic carbocycles. The van der Waals surface area contributed by atoms with Crippen molar-refractivity contribution in [2.24, 2.45) is 0 Å². The number of hydrogen-bond donors (Lipinski definition) is 0. The molecule has 5 rings (SSSR count). The second kappa shape index (κ2) is 12.7. The van der Waals surface area contributed by atoms with Crippen LogP contribution in [0.3, 0.4) is 0 Å². The zero-order valence-corrected chi connectivity index (χ0v) is 22.4. The molecule has 0 aliphatic rings. The molecule has 1 heterocycles. The fraction of sp³-hybridized carbons (Fsp3) is 0.0606. The lowest BCUT2D eigenvalue weighted by molar-refractivity contribution is 0.907. The molecular formula is C33H31BN2Si. The summed E-state index contributed by atoms with van der Waals surface area (Å²) in [5.41, 5.74) is 9.98. The summed E-state index contributed by atoms with van der Waals surface area (Å²) in [6.45, 7) is 0. The van der Waals surface area contributed by atoms with Gasteiger partial charge in [0.15, 0.2) is 0 Å². The van der Waals surface area contributed by atoms with Crippen LogP contribution in [0.15, 0.2) is 145 Å². The van der Waals surface area contributed by atoms with Gasteiger partial charge in [-0.3, -0.25) is 4.98 Å². The maximum absolute atomic E-state index is 4.75. The lowest BCUT2D eigenvalue weighted by atomic mass is 9.65. The highest BCUT2D eigenvalue weighted by molar-refractivity contribution is 6.73. The van der Waals surface area contributed by atoms with Crippen molar-refractivity contribution in [2.75, 3.05) is 0 Å². The maximum Gasteiger partial charge on any atom is 0.239 e. The summed E-state index contributed by atoms with van der Waals surface area (Å²) < 4.78 is 2.35. The van der Waals surface area contributed by atoms with Gasteiger partial charge in [-0.05, 0) is 22.3 Å². The first-order valence-corrected chi connectivity index (χ1v) is 14.8. The van der Waals surface area contributed by atoms with Crippen LogP contribution in [-0.4, -0.2) is 26.4 Å². The summed E-state index contributed by atoms with van der Waals surface area (Å²) in [4.78, 5) is 4.75. The van der Waals surface area contributed by atoms with Crippen LogP contribution >= 0.6 is 0 Å². The minimum atomic E-state index is -0.462. The summed E-state index contributed by atoms with van der Waals surface area (Å²) in [5.74, 6) is 0.288. The SMILES string of the molecule is B(C(=Cc1ccccc1)c1ccccc1)c1nccn1C[SiH2]C=CC(c1ccccc1)c1ccccc1. The van der Waals surface area contributed by atoms with Gasteiger partial charge in [-0.15, -0.1) is 5.70 Å². The van der Waals surface area contributed by atoms with E-state index in [4.69, 9.17) is 4.98 Å². The third-order valence-corrected chi connectivity index (χ3v) is 7.96. The monoisotopic (exact) mass is 494 g/mol. The molecule has 37 heavy (non-hydrogen) atoms. The van der Waals surface area contributed by atoms with Gasteiger partial charge in [-0.25, -0.2) is 0 Å². The van der Waals surface area contributed by atoms with Crippen LogP contribution < -0.4 is 5.72 Å². The molecule has 0 bridgehead atoms. The number of imidazole rings is 1. The molecule has 0 amide bonds. The number of allylic oxidation sites excluding steroid dienone is 1. The summed E-state index contributed by atoms with van der Waals surface area (Å²) >= 11 is 0. The molecule has 180 valence electrons. The third kappa shape index (κ3) is 6.75. The van der Waals surface area contributed by atoms with Gasteiger partial charge in [0.1, 0.15) is 0 Å². The van der Waals surface area contributed by atoms with Crippen LogP contribution in [0.4, 0.5) is 0 Å². The molecular weight excluding hydrogens is 463 g/mol. The van der Waals surface area contributed by atoms with E-state index in [9.17, 15) is 0 Å². The van der Waals surface area contributed by atoms with Gasteiger partial charge >= 0.3 is 0 Å². The highest BCUT2D eigenvalue weighted by atomic mass is 28.2. The lowest BCUT2D eigenvalue weighted by Gasteiger charge is -2.14. The van der Waals surface area contributed by atoms with Crippen molar-refractivity contribution in [3.05, 3.63) is 168 Å². The highest BCUT2D eigenvalue weighted by Gasteiger charge is 2.12. The first-order chi connectivity index (χ1) is 18.4. The molecule has 4 heteroatoms. The summed E-state index contributed by atoms with van der Waals surface area (Å²) in [7, 11) is 0.344. The zero-order valence-electron chi connectivity index (χ0n) is 21.0. The normalized spacial score (nSPS) is 12.1. The fourth-order valence-electron chi connectivity index (χ4n) is 4.70. The summed E-state index contributed by atoms with van der Waals surface area (Å²) in [5, 5.41) is 0. The van der Waals surface area contributed by atoms with E-state index >= 15 is 0 Å². The largest absolute Gasteiger partial charge is 0.346 e. The molecule has 0 fully saturated rings. The molecule has 0 unspecified atom stereocenters. The Morgan fingerprint density at radius 1 is 0.757 bits per heavy atom. The molecule has 0 spiro atoms. The first-order valence-electron chi connectivity index (χ1n) is 12.9. The van der Waals surface area contributed by atoms with Crippen molar-refractivity contribution in [1.29, 1.82) is 0 Å². The average molecular weight is 495 g/mol. The van der Waals surface area contributed by atoms with Crippen molar-refractivity contribution < 1.29 is 0 Å². The van der Waals surface area contributed by atoms with Crippen molar-refractivity contribution in [3.63, 3.8) is 0 Å². The predicted octanol–water partition coefficient (Wildman–Crippen LogP) is 5.62. The Hall–Kier alpha value is -4.15. The predicted molar refractivity (Wildman–Crippen MR) is 162 cm³/mol. The topological polar surface area (TPSA) is 17.8 Å². The van der Waals surface area contributed by atoms with Crippen molar-refractivity contribution >= 4 is 34.1 Å². The van der Waals surface area contributed by atoms with Gasteiger partial charge in [0.05, 0.1) is 15.2 Å². The second-order valence-corrected chi connectivity index (χ2v) is 10.7. The number of hydrogen-bond acceptors (Lipinski definition) is 1. The fourth-order valence-corrected chi connectivity index (χ4v) is 6.00. The van der Waals surface area contributed by atoms with E-state index in [0.29, 0.717) is 0 Å². The van der Waals surface area contributed by atoms with Crippen molar-refractivity contribution in [3.8, 4) is 0 Å². The van der Waals surface area contributed by atoms with E-state index in [-0.39, 0.29) is 5.92 Å². The van der Waals surface area contributed by atoms with E-state index in [2.05, 4.69) is 150 Å². The third-order valence-electron chi connectivity index (χ3n) is 6.62. The Morgan fingerprint density at radius 3 is 1.95 bits per heavy atom. The van der Waals surface area contributed by atoms with Crippen LogP contribution in [0, 0.1) is 0 Å². The number of rotatable bonds is 10. The number of nitrogens with zero attached hydrogens (tertiary/aromatic N) is 2. The Bertz CT molecular complexity index is 1390. The van der Waals surface area contributed by atoms with Gasteiger partial charge in [0.25, 0.3) is 0 Å². The van der Waals surface area contributed by atoms with E-state index < -0.39 is 9.52 Å². The average Bonchev–Trinajstić information content (AvgIpc) is 3.41. The number of benzene rings is 4. The highest BCUT2D eigenvalue weighted by Crippen LogP contribution is 2.25. The van der Waals surface area contributed by atoms with Gasteiger partial charge in [0, 0.05) is 24.5 Å². The van der Waals surface area contributed by atoms with E-state index in [1.807, 2.05) is 6.20 Å². The van der Waals surface area contributed by atoms with Crippen molar-refractivity contribution in [1.82, 2.24) is 9.55 Å². The molecule has 0 saturated carbocycles. The quantitative estimate of drug-likeness (QED) is 0.182. The van der Waals surface area contributed by atoms with E-state index in [1.165, 1.54) is 27.7 Å². The maximum atomic E-state index is 4.75. The lowest BCUT2D eigenvalue weighted by Crippen LogP contribution is -2.28. The molecule has 0 radical (unpaired) electrons. The summed E-state index contributed by atoms with van der Waals surface area (Å²) in [6, 6.07) is 42.8. The Balaban J connectivity index is 1.31. The van der Waals surface area contributed by atoms with Gasteiger partial charge in [-0.2, -0.15) is 0 Å². The van der Waals surface area contributed by atoms with E-state index in [1.54, 1.807) is 0 Å². The standard InChI is InChI=1S/C33H31BN2Si/c1-5-13-27(14-6-1)25-32(30-19-11-4-12-20-30)34-33-35-22-23-36(33)26-37-24-21-31(28-15-7-2-8-16-28)29-17-9-3-10-18-29/h1-25,31,34H,26,37H2. The Morgan fingerprint density at radius 2 is 1.32 bits per heavy atom. The molecule has 4 aromatic carbocycles. The minimum absolute atomic E-state index is 0.288. The second-order valence-electron chi connectivity index (χ2n) is 9.18. The minimum Gasteiger partial charge on any atom is -0.346 e. The Kier molecular flexibility index (Phi) is 8.43. The van der Waals surface area contributed by atoms with Gasteiger partial charge in [-0.1, -0.05) is 139 Å². The smallest absolute Gasteiger partial charge is 0.239 e. The molecule has 2 nitrogen and oxygen atoms in total. The Labute approximate surface area is 223 Å².